The van der Waals surface area contributed by atoms with Crippen LogP contribution in [0, 0.1) is 0 Å². The third-order valence-electron chi connectivity index (χ3n) is 2.58. The Morgan fingerprint density at radius 1 is 1.36 bits per heavy atom. The lowest BCUT2D eigenvalue weighted by atomic mass is 10.0. The number of hydrogen-bond acceptors (Lipinski definition) is 2. The molecular formula is C12H17NS. The first-order chi connectivity index (χ1) is 6.77. The highest BCUT2D eigenvalue weighted by Crippen LogP contribution is 2.30. The third-order valence-corrected chi connectivity index (χ3v) is 3.75. The minimum Gasteiger partial charge on any atom is -0.316 e. The summed E-state index contributed by atoms with van der Waals surface area (Å²) in [5, 5.41) is 0. The van der Waals surface area contributed by atoms with Gasteiger partial charge in [-0.1, -0.05) is 26.0 Å². The van der Waals surface area contributed by atoms with E-state index >= 15 is 0 Å². The molecule has 1 nitrogen and oxygen atoms in total. The molecule has 0 radical (unpaired) electrons. The number of nitrogens with zero attached hydrogens (tertiary/aromatic N) is 1. The molecule has 76 valence electrons. The van der Waals surface area contributed by atoms with Crippen molar-refractivity contribution in [3.05, 3.63) is 29.8 Å². The Kier molecular flexibility index (Phi) is 3.02. The minimum atomic E-state index is 0.627. The average Bonchev–Trinajstić information content (AvgIpc) is 2.71. The van der Waals surface area contributed by atoms with Crippen LogP contribution in [0.5, 0.6) is 0 Å². The van der Waals surface area contributed by atoms with Crippen LogP contribution in [0.15, 0.2) is 24.3 Å². The molecule has 1 fully saturated rings. The van der Waals surface area contributed by atoms with Crippen molar-refractivity contribution in [1.82, 2.24) is 0 Å². The highest BCUT2D eigenvalue weighted by atomic mass is 32.2. The Labute approximate surface area is 90.6 Å². The molecule has 0 unspecified atom stereocenters. The Hall–Kier alpha value is -0.630. The van der Waals surface area contributed by atoms with E-state index in [1.807, 2.05) is 11.9 Å². The summed E-state index contributed by atoms with van der Waals surface area (Å²) in [5.74, 6) is 1.90. The van der Waals surface area contributed by atoms with Crippen molar-refractivity contribution < 1.29 is 0 Å². The smallest absolute Gasteiger partial charge is 0.0472 e. The van der Waals surface area contributed by atoms with Gasteiger partial charge in [0.25, 0.3) is 0 Å². The number of anilines is 1. The lowest BCUT2D eigenvalue weighted by Gasteiger charge is -2.17. The van der Waals surface area contributed by atoms with Gasteiger partial charge >= 0.3 is 0 Å². The van der Waals surface area contributed by atoms with Crippen LogP contribution in [-0.4, -0.2) is 12.3 Å². The van der Waals surface area contributed by atoms with Gasteiger partial charge in [0.2, 0.25) is 0 Å². The molecule has 0 spiro atoms. The predicted octanol–water partition coefficient (Wildman–Crippen LogP) is 3.67. The zero-order chi connectivity index (χ0) is 9.97. The van der Waals surface area contributed by atoms with Gasteiger partial charge in [-0.15, -0.1) is 0 Å². The van der Waals surface area contributed by atoms with E-state index in [0.29, 0.717) is 5.92 Å². The fourth-order valence-electron chi connectivity index (χ4n) is 1.69. The predicted molar refractivity (Wildman–Crippen MR) is 65.0 cm³/mol. The summed E-state index contributed by atoms with van der Waals surface area (Å²) >= 11 is 1.95. The number of rotatable bonds is 2. The van der Waals surface area contributed by atoms with Crippen molar-refractivity contribution in [1.29, 1.82) is 0 Å². The molecule has 0 saturated carbocycles. The van der Waals surface area contributed by atoms with E-state index in [9.17, 15) is 0 Å². The standard InChI is InChI=1S/C12H17NS/c1-10(2)11-5-3-6-12(9-11)13-7-4-8-14-13/h3,5-6,9-10H,4,7-8H2,1-2H3. The second kappa shape index (κ2) is 4.26. The van der Waals surface area contributed by atoms with Gasteiger partial charge in [-0.3, -0.25) is 0 Å². The average molecular weight is 207 g/mol. The van der Waals surface area contributed by atoms with E-state index in [1.165, 1.54) is 30.0 Å². The summed E-state index contributed by atoms with van der Waals surface area (Å²) in [4.78, 5) is 0. The minimum absolute atomic E-state index is 0.627. The van der Waals surface area contributed by atoms with Crippen LogP contribution in [-0.2, 0) is 0 Å². The van der Waals surface area contributed by atoms with Crippen LogP contribution in [0.1, 0.15) is 31.7 Å². The van der Waals surface area contributed by atoms with E-state index < -0.39 is 0 Å². The van der Waals surface area contributed by atoms with E-state index in [4.69, 9.17) is 0 Å². The van der Waals surface area contributed by atoms with Gasteiger partial charge in [-0.05, 0) is 42.0 Å². The second-order valence-corrected chi connectivity index (χ2v) is 5.15. The summed E-state index contributed by atoms with van der Waals surface area (Å²) in [6.07, 6.45) is 1.32. The van der Waals surface area contributed by atoms with Gasteiger partial charge < -0.3 is 4.31 Å². The summed E-state index contributed by atoms with van der Waals surface area (Å²) in [5.41, 5.74) is 2.81. The molecule has 14 heavy (non-hydrogen) atoms. The molecule has 1 aromatic rings. The van der Waals surface area contributed by atoms with Crippen LogP contribution < -0.4 is 4.31 Å². The lowest BCUT2D eigenvalue weighted by Crippen LogP contribution is -2.08. The van der Waals surface area contributed by atoms with Crippen LogP contribution in [0.25, 0.3) is 0 Å². The monoisotopic (exact) mass is 207 g/mol. The fourth-order valence-corrected chi connectivity index (χ4v) is 2.69. The largest absolute Gasteiger partial charge is 0.316 e. The van der Waals surface area contributed by atoms with Gasteiger partial charge in [0.15, 0.2) is 0 Å². The maximum Gasteiger partial charge on any atom is 0.0472 e. The first-order valence-electron chi connectivity index (χ1n) is 5.28. The van der Waals surface area contributed by atoms with Gasteiger partial charge in [-0.25, -0.2) is 0 Å². The van der Waals surface area contributed by atoms with Crippen LogP contribution >= 0.6 is 11.9 Å². The highest BCUT2D eigenvalue weighted by molar-refractivity contribution is 8.00. The molecule has 0 aromatic heterocycles. The van der Waals surface area contributed by atoms with Gasteiger partial charge in [0, 0.05) is 18.0 Å². The Balaban J connectivity index is 2.21. The maximum atomic E-state index is 2.41. The van der Waals surface area contributed by atoms with E-state index in [1.54, 1.807) is 0 Å². The zero-order valence-corrected chi connectivity index (χ0v) is 9.68. The van der Waals surface area contributed by atoms with Crippen molar-refractivity contribution in [2.45, 2.75) is 26.2 Å². The van der Waals surface area contributed by atoms with E-state index in [0.717, 1.165) is 0 Å². The van der Waals surface area contributed by atoms with Gasteiger partial charge in [0.1, 0.15) is 0 Å². The van der Waals surface area contributed by atoms with Crippen molar-refractivity contribution >= 4 is 17.6 Å². The molecule has 0 aliphatic carbocycles. The normalized spacial score (nSPS) is 16.6. The first kappa shape index (κ1) is 9.91. The molecule has 0 bridgehead atoms. The Bertz CT molecular complexity index is 303. The van der Waals surface area contributed by atoms with Crippen LogP contribution in [0.3, 0.4) is 0 Å². The topological polar surface area (TPSA) is 3.24 Å². The van der Waals surface area contributed by atoms with E-state index in [2.05, 4.69) is 42.4 Å². The summed E-state index contributed by atoms with van der Waals surface area (Å²) < 4.78 is 2.41. The van der Waals surface area contributed by atoms with Crippen LogP contribution in [0.4, 0.5) is 5.69 Å². The molecular weight excluding hydrogens is 190 g/mol. The van der Waals surface area contributed by atoms with E-state index in [-0.39, 0.29) is 0 Å². The molecule has 0 N–H and O–H groups in total. The molecule has 1 aromatic carbocycles. The highest BCUT2D eigenvalue weighted by Gasteiger charge is 2.13. The van der Waals surface area contributed by atoms with Gasteiger partial charge in [0.05, 0.1) is 0 Å². The quantitative estimate of drug-likeness (QED) is 0.681. The molecule has 1 aliphatic heterocycles. The summed E-state index contributed by atoms with van der Waals surface area (Å²) in [6.45, 7) is 5.69. The SMILES string of the molecule is CC(C)c1cccc(N2CCCS2)c1. The first-order valence-corrected chi connectivity index (χ1v) is 6.22. The molecule has 1 aliphatic rings. The Morgan fingerprint density at radius 3 is 2.86 bits per heavy atom. The third kappa shape index (κ3) is 2.06. The summed E-state index contributed by atoms with van der Waals surface area (Å²) in [6, 6.07) is 8.92. The van der Waals surface area contributed by atoms with Crippen molar-refractivity contribution in [3.8, 4) is 0 Å². The summed E-state index contributed by atoms with van der Waals surface area (Å²) in [7, 11) is 0. The molecule has 0 amide bonds. The number of hydrogen-bond donors (Lipinski definition) is 0. The molecule has 2 heteroatoms. The van der Waals surface area contributed by atoms with Crippen molar-refractivity contribution in [3.63, 3.8) is 0 Å². The zero-order valence-electron chi connectivity index (χ0n) is 8.86. The van der Waals surface area contributed by atoms with Crippen LogP contribution in [0.2, 0.25) is 0 Å². The van der Waals surface area contributed by atoms with Crippen molar-refractivity contribution in [2.24, 2.45) is 0 Å². The molecule has 1 saturated heterocycles. The number of benzene rings is 1. The van der Waals surface area contributed by atoms with Crippen molar-refractivity contribution in [2.75, 3.05) is 16.6 Å². The molecule has 2 rings (SSSR count). The Morgan fingerprint density at radius 2 is 2.21 bits per heavy atom. The maximum absolute atomic E-state index is 2.41. The van der Waals surface area contributed by atoms with Gasteiger partial charge in [-0.2, -0.15) is 0 Å². The second-order valence-electron chi connectivity index (χ2n) is 4.04. The fraction of sp³-hybridized carbons (Fsp3) is 0.500. The lowest BCUT2D eigenvalue weighted by molar-refractivity contribution is 0.865. The molecule has 0 atom stereocenters. The molecule has 1 heterocycles.